The first-order chi connectivity index (χ1) is 8.63. The third kappa shape index (κ3) is 2.54. The van der Waals surface area contributed by atoms with Crippen LogP contribution in [0.2, 0.25) is 0 Å². The van der Waals surface area contributed by atoms with Crippen LogP contribution in [0.15, 0.2) is 22.6 Å². The highest BCUT2D eigenvalue weighted by Crippen LogP contribution is 2.30. The number of fused-ring (bicyclic) bond motifs is 1. The summed E-state index contributed by atoms with van der Waals surface area (Å²) in [5, 5.41) is 0.798. The number of benzene rings is 1. The average molecular weight is 251 g/mol. The summed E-state index contributed by atoms with van der Waals surface area (Å²) >= 11 is 0. The van der Waals surface area contributed by atoms with E-state index in [0.29, 0.717) is 12.2 Å². The Labute approximate surface area is 106 Å². The van der Waals surface area contributed by atoms with Crippen LogP contribution in [0.5, 0.6) is 0 Å². The van der Waals surface area contributed by atoms with Crippen LogP contribution in [0.4, 0.5) is 4.39 Å². The van der Waals surface area contributed by atoms with E-state index in [1.54, 1.807) is 13.2 Å². The standard InChI is InChI=1S/C14H18FNO2/c1-9-11-8-10(15)5-6-13(11)18-14(9)12(16)4-3-7-17-2/h5-6,8,12H,3-4,7,16H2,1-2H3. The molecule has 3 nitrogen and oxygen atoms in total. The van der Waals surface area contributed by atoms with Crippen LogP contribution in [-0.2, 0) is 4.74 Å². The molecule has 2 N–H and O–H groups in total. The van der Waals surface area contributed by atoms with E-state index in [4.69, 9.17) is 14.9 Å². The van der Waals surface area contributed by atoms with Crippen LogP contribution in [0.1, 0.15) is 30.2 Å². The third-order valence-electron chi connectivity index (χ3n) is 3.14. The number of rotatable bonds is 5. The number of methoxy groups -OCH3 is 1. The van der Waals surface area contributed by atoms with Crippen LogP contribution in [0, 0.1) is 12.7 Å². The van der Waals surface area contributed by atoms with Crippen molar-refractivity contribution in [2.75, 3.05) is 13.7 Å². The lowest BCUT2D eigenvalue weighted by molar-refractivity contribution is 0.189. The molecule has 1 unspecified atom stereocenters. The van der Waals surface area contributed by atoms with Gasteiger partial charge in [0.05, 0.1) is 6.04 Å². The Morgan fingerprint density at radius 3 is 2.94 bits per heavy atom. The molecule has 2 aromatic rings. The predicted molar refractivity (Wildman–Crippen MR) is 68.9 cm³/mol. The first kappa shape index (κ1) is 13.1. The van der Waals surface area contributed by atoms with E-state index < -0.39 is 0 Å². The van der Waals surface area contributed by atoms with E-state index in [2.05, 4.69) is 0 Å². The monoisotopic (exact) mass is 251 g/mol. The van der Waals surface area contributed by atoms with Gasteiger partial charge in [-0.05, 0) is 38.0 Å². The van der Waals surface area contributed by atoms with Crippen LogP contribution < -0.4 is 5.73 Å². The number of nitrogens with two attached hydrogens (primary N) is 1. The van der Waals surface area contributed by atoms with E-state index in [1.165, 1.54) is 12.1 Å². The number of hydrogen-bond acceptors (Lipinski definition) is 3. The number of hydrogen-bond donors (Lipinski definition) is 1. The van der Waals surface area contributed by atoms with Crippen molar-refractivity contribution in [3.05, 3.63) is 35.3 Å². The Hall–Kier alpha value is -1.39. The molecular formula is C14H18FNO2. The number of ether oxygens (including phenoxy) is 1. The molecule has 0 amide bonds. The summed E-state index contributed by atoms with van der Waals surface area (Å²) in [7, 11) is 1.67. The quantitative estimate of drug-likeness (QED) is 0.829. The topological polar surface area (TPSA) is 48.4 Å². The first-order valence-corrected chi connectivity index (χ1v) is 6.06. The van der Waals surface area contributed by atoms with Crippen molar-refractivity contribution in [1.29, 1.82) is 0 Å². The fraction of sp³-hybridized carbons (Fsp3) is 0.429. The van der Waals surface area contributed by atoms with Crippen molar-refractivity contribution in [2.45, 2.75) is 25.8 Å². The molecular weight excluding hydrogens is 233 g/mol. The van der Waals surface area contributed by atoms with Gasteiger partial charge in [-0.15, -0.1) is 0 Å². The van der Waals surface area contributed by atoms with Gasteiger partial charge in [-0.1, -0.05) is 0 Å². The van der Waals surface area contributed by atoms with Crippen LogP contribution in [0.25, 0.3) is 11.0 Å². The molecule has 18 heavy (non-hydrogen) atoms. The van der Waals surface area contributed by atoms with Gasteiger partial charge in [-0.3, -0.25) is 0 Å². The van der Waals surface area contributed by atoms with Gasteiger partial charge in [0.15, 0.2) is 0 Å². The molecule has 98 valence electrons. The summed E-state index contributed by atoms with van der Waals surface area (Å²) in [6, 6.07) is 4.35. The Morgan fingerprint density at radius 2 is 2.22 bits per heavy atom. The fourth-order valence-electron chi connectivity index (χ4n) is 2.14. The zero-order chi connectivity index (χ0) is 13.1. The molecule has 4 heteroatoms. The molecule has 1 heterocycles. The summed E-state index contributed by atoms with van der Waals surface area (Å²) in [5.74, 6) is 0.484. The number of furan rings is 1. The smallest absolute Gasteiger partial charge is 0.134 e. The summed E-state index contributed by atoms with van der Waals surface area (Å²) in [6.45, 7) is 2.60. The predicted octanol–water partition coefficient (Wildman–Crippen LogP) is 3.31. The molecule has 0 saturated heterocycles. The van der Waals surface area contributed by atoms with Crippen molar-refractivity contribution in [2.24, 2.45) is 5.73 Å². The average Bonchev–Trinajstić information content (AvgIpc) is 2.67. The van der Waals surface area contributed by atoms with Gasteiger partial charge in [0.25, 0.3) is 0 Å². The Kier molecular flexibility index (Phi) is 3.99. The van der Waals surface area contributed by atoms with Crippen molar-refractivity contribution in [1.82, 2.24) is 0 Å². The normalized spacial score (nSPS) is 13.1. The van der Waals surface area contributed by atoms with Gasteiger partial charge in [-0.25, -0.2) is 4.39 Å². The third-order valence-corrected chi connectivity index (χ3v) is 3.14. The van der Waals surface area contributed by atoms with Crippen molar-refractivity contribution >= 4 is 11.0 Å². The van der Waals surface area contributed by atoms with E-state index >= 15 is 0 Å². The highest BCUT2D eigenvalue weighted by atomic mass is 19.1. The lowest BCUT2D eigenvalue weighted by Crippen LogP contribution is -2.11. The maximum absolute atomic E-state index is 13.2. The molecule has 0 aliphatic rings. The molecule has 0 aliphatic carbocycles. The van der Waals surface area contributed by atoms with Crippen LogP contribution >= 0.6 is 0 Å². The molecule has 1 aromatic heterocycles. The second-order valence-corrected chi connectivity index (χ2v) is 4.47. The molecule has 0 spiro atoms. The highest BCUT2D eigenvalue weighted by molar-refractivity contribution is 5.82. The Morgan fingerprint density at radius 1 is 1.44 bits per heavy atom. The molecule has 0 bridgehead atoms. The second kappa shape index (κ2) is 5.50. The van der Waals surface area contributed by atoms with Gasteiger partial charge in [0.1, 0.15) is 17.2 Å². The SMILES string of the molecule is COCCCC(N)c1oc2ccc(F)cc2c1C. The van der Waals surface area contributed by atoms with Crippen LogP contribution in [0.3, 0.4) is 0 Å². The van der Waals surface area contributed by atoms with E-state index in [-0.39, 0.29) is 11.9 Å². The summed E-state index contributed by atoms with van der Waals surface area (Å²) in [6.07, 6.45) is 1.67. The molecule has 0 radical (unpaired) electrons. The van der Waals surface area contributed by atoms with Gasteiger partial charge < -0.3 is 14.9 Å². The van der Waals surface area contributed by atoms with Gasteiger partial charge in [-0.2, -0.15) is 0 Å². The molecule has 0 saturated carbocycles. The zero-order valence-electron chi connectivity index (χ0n) is 10.7. The first-order valence-electron chi connectivity index (χ1n) is 6.06. The molecule has 0 fully saturated rings. The molecule has 1 aromatic carbocycles. The Bertz CT molecular complexity index is 536. The summed E-state index contributed by atoms with van der Waals surface area (Å²) < 4.78 is 23.9. The lowest BCUT2D eigenvalue weighted by atomic mass is 10.0. The van der Waals surface area contributed by atoms with Crippen molar-refractivity contribution in [3.8, 4) is 0 Å². The summed E-state index contributed by atoms with van der Waals surface area (Å²) in [5.41, 5.74) is 7.71. The highest BCUT2D eigenvalue weighted by Gasteiger charge is 2.17. The van der Waals surface area contributed by atoms with E-state index in [0.717, 1.165) is 29.6 Å². The van der Waals surface area contributed by atoms with Gasteiger partial charge >= 0.3 is 0 Å². The molecule has 0 aliphatic heterocycles. The largest absolute Gasteiger partial charge is 0.459 e. The van der Waals surface area contributed by atoms with Crippen molar-refractivity contribution < 1.29 is 13.5 Å². The minimum atomic E-state index is -0.258. The fourth-order valence-corrected chi connectivity index (χ4v) is 2.14. The second-order valence-electron chi connectivity index (χ2n) is 4.47. The minimum absolute atomic E-state index is 0.171. The lowest BCUT2D eigenvalue weighted by Gasteiger charge is -2.09. The van der Waals surface area contributed by atoms with Crippen LogP contribution in [-0.4, -0.2) is 13.7 Å². The van der Waals surface area contributed by atoms with Crippen molar-refractivity contribution in [3.63, 3.8) is 0 Å². The molecule has 1 atom stereocenters. The minimum Gasteiger partial charge on any atom is -0.459 e. The maximum atomic E-state index is 13.2. The Balaban J connectivity index is 2.25. The van der Waals surface area contributed by atoms with Gasteiger partial charge in [0, 0.05) is 24.7 Å². The van der Waals surface area contributed by atoms with Gasteiger partial charge in [0.2, 0.25) is 0 Å². The van der Waals surface area contributed by atoms with E-state index in [9.17, 15) is 4.39 Å². The zero-order valence-corrected chi connectivity index (χ0v) is 10.7. The molecule has 2 rings (SSSR count). The maximum Gasteiger partial charge on any atom is 0.134 e. The summed E-state index contributed by atoms with van der Waals surface area (Å²) in [4.78, 5) is 0. The number of halogens is 1. The van der Waals surface area contributed by atoms with E-state index in [1.807, 2.05) is 6.92 Å². The number of aryl methyl sites for hydroxylation is 1.